The highest BCUT2D eigenvalue weighted by Gasteiger charge is 2.49. The van der Waals surface area contributed by atoms with Crippen LogP contribution in [0.4, 0.5) is 0 Å². The van der Waals surface area contributed by atoms with Crippen LogP contribution in [0.15, 0.2) is 24.3 Å². The molecule has 26 nitrogen and oxygen atoms in total. The van der Waals surface area contributed by atoms with Gasteiger partial charge in [0.15, 0.2) is 18.0 Å². The number of esters is 2. The third-order valence-corrected chi connectivity index (χ3v) is 20.6. The molecule has 0 radical (unpaired) electrons. The summed E-state index contributed by atoms with van der Waals surface area (Å²) in [6, 6.07) is -1.96. The summed E-state index contributed by atoms with van der Waals surface area (Å²) in [4.78, 5) is 103. The Morgan fingerprint density at radius 3 is 1.06 bits per heavy atom. The summed E-state index contributed by atoms with van der Waals surface area (Å²) in [5, 5.41) is 31.9. The van der Waals surface area contributed by atoms with Crippen molar-refractivity contribution >= 4 is 51.2 Å². The Labute approximate surface area is 656 Å². The number of ether oxygens (including phenoxy) is 6. The Balaban J connectivity index is 3.04. The molecule has 0 aromatic carbocycles. The molecule has 0 aromatic heterocycles. The van der Waals surface area contributed by atoms with Gasteiger partial charge in [-0.15, -0.1) is 0 Å². The summed E-state index contributed by atoms with van der Waals surface area (Å²) in [6.45, 7) is 12.8. The van der Waals surface area contributed by atoms with E-state index < -0.39 is 132 Å². The molecular weight excluding hydrogens is 1440 g/mol. The molecule has 0 aliphatic carbocycles. The predicted octanol–water partition coefficient (Wildman–Crippen LogP) is 16.0. The maximum atomic E-state index is 13.7. The minimum absolute atomic E-state index is 0.132. The molecule has 1 aliphatic rings. The summed E-state index contributed by atoms with van der Waals surface area (Å²) >= 11 is 0. The number of aliphatic hydroxyl groups excluding tert-OH is 2. The number of unbranched alkanes of at least 4 members (excludes halogenated alkanes) is 26. The zero-order chi connectivity index (χ0) is 80.5. The number of carbonyl (C=O) groups is 6. The van der Waals surface area contributed by atoms with Crippen LogP contribution in [-0.2, 0) is 84.4 Å². The summed E-state index contributed by atoms with van der Waals surface area (Å²) < 4.78 is 82.9. The molecule has 1 aliphatic heterocycles. The zero-order valence-corrected chi connectivity index (χ0v) is 70.4. The molecule has 638 valence electrons. The third kappa shape index (κ3) is 60.5. The lowest BCUT2D eigenvalue weighted by atomic mass is 10.1. The lowest BCUT2D eigenvalue weighted by molar-refractivity contribution is -0.159. The Morgan fingerprint density at radius 1 is 0.404 bits per heavy atom. The molecule has 0 aromatic rings. The van der Waals surface area contributed by atoms with E-state index in [0.29, 0.717) is 51.4 Å². The van der Waals surface area contributed by atoms with Crippen molar-refractivity contribution in [2.45, 2.75) is 392 Å². The standard InChI is InChI=1S/C81H152N4O22P2/c1-9-15-21-27-29-31-33-39-45-51-75(90)104-71(49-43-37-25-19-13-5)61-73(88)84-67(63-98-57-53-69(86)47-41-35-23-17-11-3)65-102-108(94,95)100-59-55-82-79(92)77-78(107-81(7,8)106-77)80(93)83-56-60-101-109(96,97)103-66-68(64-99-58-54-70(87)48-42-36-24-18-12-4)85-74(89)62-72(50-44-38-26-20-14-6)105-76(91)52-46-40-34-32-30-28-22-16-10-2/h31-34,67-72,77-78,86-87H,9-30,35-66H2,1-8H3,(H,82,92)(H,83,93)(H,84,88)(H,85,89)(H,94,95)(H,96,97)/t67?,68?,69-,70-,71-,72-,77+,78+/m1/s1. The van der Waals surface area contributed by atoms with E-state index in [9.17, 15) is 57.9 Å². The smallest absolute Gasteiger partial charge is 0.462 e. The average Bonchev–Trinajstić information content (AvgIpc) is 1.66. The fraction of sp³-hybridized carbons (Fsp3) is 0.877. The number of allylic oxidation sites excluding steroid dienone is 4. The second kappa shape index (κ2) is 67.6. The molecule has 1 fully saturated rings. The van der Waals surface area contributed by atoms with Crippen LogP contribution in [0.3, 0.4) is 0 Å². The molecule has 0 spiro atoms. The molecule has 4 unspecified atom stereocenters. The van der Waals surface area contributed by atoms with Crippen molar-refractivity contribution in [2.75, 3.05) is 65.9 Å². The molecule has 1 saturated heterocycles. The Bertz CT molecular complexity index is 2320. The summed E-state index contributed by atoms with van der Waals surface area (Å²) in [7, 11) is -9.74. The molecule has 0 bridgehead atoms. The van der Waals surface area contributed by atoms with Crippen LogP contribution in [0.5, 0.6) is 0 Å². The largest absolute Gasteiger partial charge is 0.472 e. The van der Waals surface area contributed by atoms with Gasteiger partial charge in [0.2, 0.25) is 11.8 Å². The first-order valence-electron chi connectivity index (χ1n) is 42.4. The first kappa shape index (κ1) is 103. The van der Waals surface area contributed by atoms with Gasteiger partial charge in [-0.25, -0.2) is 9.13 Å². The van der Waals surface area contributed by atoms with Crippen LogP contribution in [0.2, 0.25) is 0 Å². The van der Waals surface area contributed by atoms with Gasteiger partial charge in [0.05, 0.1) is 76.8 Å². The highest BCUT2D eigenvalue weighted by Crippen LogP contribution is 2.44. The van der Waals surface area contributed by atoms with Crippen molar-refractivity contribution in [1.29, 1.82) is 0 Å². The number of aliphatic hydroxyl groups is 2. The molecule has 8 N–H and O–H groups in total. The molecule has 0 saturated carbocycles. The first-order valence-corrected chi connectivity index (χ1v) is 45.3. The van der Waals surface area contributed by atoms with Crippen molar-refractivity contribution in [3.63, 3.8) is 0 Å². The van der Waals surface area contributed by atoms with E-state index in [1.54, 1.807) is 0 Å². The maximum absolute atomic E-state index is 13.7. The third-order valence-electron chi connectivity index (χ3n) is 18.6. The highest BCUT2D eigenvalue weighted by atomic mass is 31.2. The zero-order valence-electron chi connectivity index (χ0n) is 68.6. The van der Waals surface area contributed by atoms with Gasteiger partial charge in [-0.2, -0.15) is 0 Å². The van der Waals surface area contributed by atoms with E-state index >= 15 is 0 Å². The topological polar surface area (TPSA) is 358 Å². The molecule has 1 rings (SSSR count). The van der Waals surface area contributed by atoms with Gasteiger partial charge in [-0.05, 0) is 117 Å². The van der Waals surface area contributed by atoms with E-state index in [4.69, 9.17) is 46.5 Å². The summed E-state index contributed by atoms with van der Waals surface area (Å²) in [5.74, 6) is -4.91. The van der Waals surface area contributed by atoms with Crippen LogP contribution in [0.1, 0.15) is 338 Å². The quantitative estimate of drug-likeness (QED) is 0.0121. The SMILES string of the molecule is CCCCCCC=CCCCC(=O)O[C@H](CCCCCCC)CC(=O)NC(COCC[C@H](O)CCCCCCC)COP(=O)(O)OCCNC(=O)[C@H]1OC(C)(C)O[C@@H]1C(=O)NCCOP(=O)(O)OCC(COCC[C@H](O)CCCCCCC)NC(=O)C[C@@H](CCCCCCC)OC(=O)CCCC=CCCCCCC. The van der Waals surface area contributed by atoms with Gasteiger partial charge < -0.3 is 69.7 Å². The minimum Gasteiger partial charge on any atom is -0.462 e. The normalized spacial score (nSPS) is 17.1. The Kier molecular flexibility index (Phi) is 64.1. The number of nitrogens with one attached hydrogen (secondary N) is 4. The highest BCUT2D eigenvalue weighted by molar-refractivity contribution is 7.47. The number of phosphoric acid groups is 2. The predicted molar refractivity (Wildman–Crippen MR) is 426 cm³/mol. The van der Waals surface area contributed by atoms with Gasteiger partial charge in [0.25, 0.3) is 11.8 Å². The van der Waals surface area contributed by atoms with Crippen molar-refractivity contribution in [3.8, 4) is 0 Å². The fourth-order valence-corrected chi connectivity index (χ4v) is 13.8. The van der Waals surface area contributed by atoms with Crippen molar-refractivity contribution in [3.05, 3.63) is 24.3 Å². The molecule has 10 atom stereocenters. The van der Waals surface area contributed by atoms with Gasteiger partial charge in [-0.3, -0.25) is 46.9 Å². The van der Waals surface area contributed by atoms with Gasteiger partial charge >= 0.3 is 27.6 Å². The Morgan fingerprint density at radius 2 is 0.716 bits per heavy atom. The number of hydrogen-bond acceptors (Lipinski definition) is 20. The van der Waals surface area contributed by atoms with Crippen molar-refractivity contribution in [1.82, 2.24) is 21.3 Å². The Hall–Kier alpha value is -3.72. The second-order valence-electron chi connectivity index (χ2n) is 29.7. The molecular formula is C81H152N4O22P2. The summed E-state index contributed by atoms with van der Waals surface area (Å²) in [5.41, 5.74) is 0. The van der Waals surface area contributed by atoms with Crippen LogP contribution in [-0.4, -0.2) is 176 Å². The first-order chi connectivity index (χ1) is 52.4. The van der Waals surface area contributed by atoms with Crippen molar-refractivity contribution < 1.29 is 104 Å². The van der Waals surface area contributed by atoms with E-state index in [0.717, 1.165) is 167 Å². The van der Waals surface area contributed by atoms with Crippen LogP contribution >= 0.6 is 15.6 Å². The average molecular weight is 1600 g/mol. The van der Waals surface area contributed by atoms with Crippen LogP contribution in [0.25, 0.3) is 0 Å². The molecule has 109 heavy (non-hydrogen) atoms. The van der Waals surface area contributed by atoms with Crippen molar-refractivity contribution in [2.24, 2.45) is 0 Å². The van der Waals surface area contributed by atoms with Gasteiger partial charge in [-0.1, -0.05) is 220 Å². The van der Waals surface area contributed by atoms with E-state index in [1.807, 2.05) is 0 Å². The minimum atomic E-state index is -4.87. The molecule has 1 heterocycles. The number of carbonyl (C=O) groups excluding carboxylic acids is 6. The number of phosphoric ester groups is 2. The van der Waals surface area contributed by atoms with Crippen LogP contribution < -0.4 is 21.3 Å². The summed E-state index contributed by atoms with van der Waals surface area (Å²) in [6.07, 6.45) is 39.9. The number of hydrogen-bond donors (Lipinski definition) is 8. The second-order valence-corrected chi connectivity index (χ2v) is 32.6. The van der Waals surface area contributed by atoms with Gasteiger partial charge in [0.1, 0.15) is 12.2 Å². The monoisotopic (exact) mass is 1600 g/mol. The maximum Gasteiger partial charge on any atom is 0.472 e. The van der Waals surface area contributed by atoms with Crippen LogP contribution in [0, 0.1) is 0 Å². The van der Waals surface area contributed by atoms with E-state index in [1.165, 1.54) is 52.4 Å². The van der Waals surface area contributed by atoms with Gasteiger partial charge in [0, 0.05) is 39.1 Å². The lowest BCUT2D eigenvalue weighted by Crippen LogP contribution is -2.48. The van der Waals surface area contributed by atoms with E-state index in [2.05, 4.69) is 87.1 Å². The molecule has 4 amide bonds. The number of amides is 4. The number of rotatable bonds is 76. The van der Waals surface area contributed by atoms with E-state index in [-0.39, 0.29) is 65.2 Å². The lowest BCUT2D eigenvalue weighted by Gasteiger charge is -2.23. The fourth-order valence-electron chi connectivity index (χ4n) is 12.3. The molecule has 28 heteroatoms.